The summed E-state index contributed by atoms with van der Waals surface area (Å²) < 4.78 is 12.1. The van der Waals surface area contributed by atoms with E-state index in [4.69, 9.17) is 0 Å². The normalized spacial score (nSPS) is 14.8. The van der Waals surface area contributed by atoms with E-state index in [0.29, 0.717) is 10.9 Å². The molecular weight excluding hydrogens is 457 g/mol. The molecule has 0 aliphatic rings. The van der Waals surface area contributed by atoms with Crippen molar-refractivity contribution in [2.45, 2.75) is 134 Å². The zero-order valence-electron chi connectivity index (χ0n) is 23.6. The van der Waals surface area contributed by atoms with E-state index in [9.17, 15) is 19.5 Å². The van der Waals surface area contributed by atoms with Crippen LogP contribution in [0.3, 0.4) is 0 Å². The number of hydrogen-bond donors (Lipinski definition) is 3. The first kappa shape index (κ1) is 34.6. The van der Waals surface area contributed by atoms with E-state index in [2.05, 4.69) is 19.1 Å². The van der Waals surface area contributed by atoms with Gasteiger partial charge in [-0.25, -0.2) is 0 Å². The number of allylic oxidation sites excluding steroid dienone is 4. The van der Waals surface area contributed by atoms with Crippen molar-refractivity contribution in [3.8, 4) is 0 Å². The second-order valence-electron chi connectivity index (χ2n) is 11.4. The average Bonchev–Trinajstić information content (AvgIpc) is 2.75. The lowest BCUT2D eigenvalue weighted by Gasteiger charge is -2.35. The largest absolute Gasteiger partial charge is 0.373 e. The van der Waals surface area contributed by atoms with Crippen molar-refractivity contribution >= 4 is 7.60 Å². The third-order valence-electron chi connectivity index (χ3n) is 6.54. The van der Waals surface area contributed by atoms with E-state index >= 15 is 0 Å². The topological polar surface area (TPSA) is 77.8 Å². The van der Waals surface area contributed by atoms with Crippen LogP contribution in [0.2, 0.25) is 0 Å². The summed E-state index contributed by atoms with van der Waals surface area (Å²) in [5, 5.41) is 8.56. The van der Waals surface area contributed by atoms with Crippen molar-refractivity contribution < 1.29 is 23.9 Å². The van der Waals surface area contributed by atoms with Crippen molar-refractivity contribution in [2.24, 2.45) is 0 Å². The minimum Gasteiger partial charge on any atom is -0.373 e. The molecule has 0 aromatic carbocycles. The van der Waals surface area contributed by atoms with Gasteiger partial charge in [0.15, 0.2) is 0 Å². The van der Waals surface area contributed by atoms with Gasteiger partial charge in [0.2, 0.25) is 5.34 Å². The Morgan fingerprint density at radius 3 is 1.40 bits per heavy atom. The predicted molar refractivity (Wildman–Crippen MR) is 152 cm³/mol. The maximum absolute atomic E-state index is 11.8. The lowest BCUT2D eigenvalue weighted by atomic mass is 10.0. The molecule has 0 radical (unpaired) electrons. The van der Waals surface area contributed by atoms with Gasteiger partial charge in [0.05, 0.1) is 21.1 Å². The molecule has 6 heteroatoms. The fourth-order valence-electron chi connectivity index (χ4n) is 4.51. The lowest BCUT2D eigenvalue weighted by molar-refractivity contribution is -0.875. The number of unbranched alkanes of at least 4 members (excludes halogenated alkanes) is 15. The van der Waals surface area contributed by atoms with Gasteiger partial charge < -0.3 is 19.4 Å². The minimum absolute atomic E-state index is 0.0209. The molecule has 0 rings (SSSR count). The van der Waals surface area contributed by atoms with Crippen molar-refractivity contribution in [3.63, 3.8) is 0 Å². The molecule has 0 bridgehead atoms. The van der Waals surface area contributed by atoms with Crippen LogP contribution in [0.15, 0.2) is 24.3 Å². The number of hydrogen-bond acceptors (Lipinski definition) is 2. The Labute approximate surface area is 217 Å². The smallest absolute Gasteiger partial charge is 0.362 e. The van der Waals surface area contributed by atoms with E-state index in [-0.39, 0.29) is 13.0 Å². The zero-order chi connectivity index (χ0) is 26.5. The van der Waals surface area contributed by atoms with Gasteiger partial charge in [0, 0.05) is 0 Å². The molecule has 0 aliphatic carbocycles. The molecule has 0 aromatic rings. The van der Waals surface area contributed by atoms with Gasteiger partial charge in [-0.05, 0) is 38.5 Å². The Morgan fingerprint density at radius 2 is 1.00 bits per heavy atom. The van der Waals surface area contributed by atoms with Crippen LogP contribution in [0.5, 0.6) is 0 Å². The Morgan fingerprint density at radius 1 is 0.629 bits per heavy atom. The van der Waals surface area contributed by atoms with Crippen LogP contribution in [-0.4, -0.2) is 52.4 Å². The molecule has 0 saturated heterocycles. The van der Waals surface area contributed by atoms with E-state index < -0.39 is 12.9 Å². The van der Waals surface area contributed by atoms with Crippen molar-refractivity contribution in [1.29, 1.82) is 0 Å². The molecule has 1 atom stereocenters. The standard InChI is InChI=1S/C29H58NO4P/c1-5-6-7-8-9-10-11-12-13-14-15-16-17-18-19-20-21-22-23-24-25-26-27-29(31,35(32,33)34)28-30(2,3)4/h20-21,24-25,31H,5-19,22-23,26-28H2,1-4H3,(H-,32,33,34)/p+1/b21-20-,25-24-. The summed E-state index contributed by atoms with van der Waals surface area (Å²) in [6.45, 7) is 2.30. The molecular formula is C29H59NO4P+. The van der Waals surface area contributed by atoms with E-state index in [1.807, 2.05) is 33.3 Å². The van der Waals surface area contributed by atoms with Crippen LogP contribution < -0.4 is 0 Å². The highest BCUT2D eigenvalue weighted by atomic mass is 31.2. The first-order chi connectivity index (χ1) is 16.5. The summed E-state index contributed by atoms with van der Waals surface area (Å²) in [5.41, 5.74) is 0. The highest BCUT2D eigenvalue weighted by Gasteiger charge is 2.48. The molecule has 3 N–H and O–H groups in total. The summed E-state index contributed by atoms with van der Waals surface area (Å²) >= 11 is 0. The third kappa shape index (κ3) is 21.4. The van der Waals surface area contributed by atoms with E-state index in [1.165, 1.54) is 89.9 Å². The van der Waals surface area contributed by atoms with Gasteiger partial charge in [-0.3, -0.25) is 4.57 Å². The molecule has 0 aliphatic heterocycles. The molecule has 0 aromatic heterocycles. The van der Waals surface area contributed by atoms with Gasteiger partial charge >= 0.3 is 7.60 Å². The highest BCUT2D eigenvalue weighted by molar-refractivity contribution is 7.53. The fourth-order valence-corrected chi connectivity index (χ4v) is 5.54. The monoisotopic (exact) mass is 516 g/mol. The van der Waals surface area contributed by atoms with Crippen molar-refractivity contribution in [3.05, 3.63) is 24.3 Å². The second-order valence-corrected chi connectivity index (χ2v) is 13.3. The third-order valence-corrected chi connectivity index (χ3v) is 7.99. The van der Waals surface area contributed by atoms with Crippen LogP contribution in [0.4, 0.5) is 0 Å². The Balaban J connectivity index is 3.63. The molecule has 0 saturated carbocycles. The van der Waals surface area contributed by atoms with Gasteiger partial charge in [0.25, 0.3) is 0 Å². The summed E-state index contributed by atoms with van der Waals surface area (Å²) in [7, 11) is 0.877. The number of quaternary nitrogens is 1. The first-order valence-corrected chi connectivity index (χ1v) is 16.0. The number of likely N-dealkylation sites (N-methyl/N-ethyl adjacent to an activating group) is 1. The van der Waals surface area contributed by atoms with Crippen LogP contribution in [0, 0.1) is 0 Å². The van der Waals surface area contributed by atoms with Gasteiger partial charge in [-0.15, -0.1) is 0 Å². The maximum Gasteiger partial charge on any atom is 0.362 e. The molecule has 1 unspecified atom stereocenters. The van der Waals surface area contributed by atoms with E-state index in [0.717, 1.165) is 19.3 Å². The molecule has 0 spiro atoms. The maximum atomic E-state index is 11.8. The van der Waals surface area contributed by atoms with Crippen LogP contribution in [0.25, 0.3) is 0 Å². The summed E-state index contributed by atoms with van der Waals surface area (Å²) in [6.07, 6.45) is 31.6. The molecule has 0 amide bonds. The summed E-state index contributed by atoms with van der Waals surface area (Å²) in [4.78, 5) is 19.2. The summed E-state index contributed by atoms with van der Waals surface area (Å²) in [5.74, 6) is 0. The van der Waals surface area contributed by atoms with E-state index in [1.54, 1.807) is 0 Å². The van der Waals surface area contributed by atoms with Crippen LogP contribution in [-0.2, 0) is 4.57 Å². The Kier molecular flexibility index (Phi) is 20.3. The first-order valence-electron chi connectivity index (χ1n) is 14.4. The zero-order valence-corrected chi connectivity index (χ0v) is 24.5. The number of nitrogens with zero attached hydrogens (tertiary/aromatic N) is 1. The predicted octanol–water partition coefficient (Wildman–Crippen LogP) is 8.10. The fraction of sp³-hybridized carbons (Fsp3) is 0.862. The Bertz CT molecular complexity index is 594. The molecule has 5 nitrogen and oxygen atoms in total. The number of aliphatic hydroxyl groups is 1. The van der Waals surface area contributed by atoms with Gasteiger partial charge in [0.1, 0.15) is 6.54 Å². The van der Waals surface area contributed by atoms with Crippen molar-refractivity contribution in [2.75, 3.05) is 27.7 Å². The van der Waals surface area contributed by atoms with Crippen LogP contribution >= 0.6 is 7.60 Å². The van der Waals surface area contributed by atoms with Gasteiger partial charge in [-0.1, -0.05) is 115 Å². The molecule has 0 heterocycles. The summed E-state index contributed by atoms with van der Waals surface area (Å²) in [6, 6.07) is 0. The SMILES string of the molecule is CCCCCCCCCCCCCCCC/C=C\CC/C=C\CCC(O)(C[N+](C)(C)C)P(=O)(O)O. The van der Waals surface area contributed by atoms with Gasteiger partial charge in [-0.2, -0.15) is 0 Å². The average molecular weight is 517 g/mol. The molecule has 35 heavy (non-hydrogen) atoms. The molecule has 0 fully saturated rings. The quantitative estimate of drug-likeness (QED) is 0.0524. The minimum atomic E-state index is -4.59. The molecule has 208 valence electrons. The Hall–Kier alpha value is -0.450. The van der Waals surface area contributed by atoms with Crippen LogP contribution in [0.1, 0.15) is 129 Å². The van der Waals surface area contributed by atoms with Crippen molar-refractivity contribution in [1.82, 2.24) is 0 Å². The highest BCUT2D eigenvalue weighted by Crippen LogP contribution is 2.52. The lowest BCUT2D eigenvalue weighted by Crippen LogP contribution is -2.49. The second kappa shape index (κ2) is 20.6. The number of rotatable bonds is 24.